The molecule has 2 heterocycles. The van der Waals surface area contributed by atoms with E-state index >= 15 is 0 Å². The fourth-order valence-corrected chi connectivity index (χ4v) is 1.69. The molecule has 1 aliphatic heterocycles. The van der Waals surface area contributed by atoms with Gasteiger partial charge in [0.05, 0.1) is 7.11 Å². The summed E-state index contributed by atoms with van der Waals surface area (Å²) >= 11 is 0. The van der Waals surface area contributed by atoms with Crippen molar-refractivity contribution in [1.82, 2.24) is 15.3 Å². The molecule has 1 aliphatic rings. The zero-order chi connectivity index (χ0) is 10.5. The van der Waals surface area contributed by atoms with Crippen LogP contribution < -0.4 is 15.4 Å². The highest BCUT2D eigenvalue weighted by Gasteiger charge is 2.13. The molecule has 2 rings (SSSR count). The lowest BCUT2D eigenvalue weighted by Gasteiger charge is -2.10. The Hall–Kier alpha value is -1.36. The van der Waals surface area contributed by atoms with E-state index in [1.54, 1.807) is 7.11 Å². The molecule has 1 fully saturated rings. The Morgan fingerprint density at radius 1 is 1.60 bits per heavy atom. The number of rotatable bonds is 4. The minimum atomic E-state index is 0.594. The SMILES string of the molecule is COc1cc(NCC2CCNC2)ncn1. The van der Waals surface area contributed by atoms with Crippen LogP contribution in [0, 0.1) is 5.92 Å². The standard InChI is InChI=1S/C10H16N4O/c1-15-10-4-9(13-7-14-10)12-6-8-2-3-11-5-8/h4,7-8,11H,2-3,5-6H2,1H3,(H,12,13,14). The Balaban J connectivity index is 1.86. The lowest BCUT2D eigenvalue weighted by Crippen LogP contribution is -2.17. The van der Waals surface area contributed by atoms with E-state index in [-0.39, 0.29) is 0 Å². The maximum absolute atomic E-state index is 5.02. The van der Waals surface area contributed by atoms with Gasteiger partial charge in [-0.3, -0.25) is 0 Å². The van der Waals surface area contributed by atoms with Gasteiger partial charge in [0.2, 0.25) is 5.88 Å². The molecule has 1 aromatic heterocycles. The van der Waals surface area contributed by atoms with E-state index in [0.29, 0.717) is 11.8 Å². The van der Waals surface area contributed by atoms with Crippen LogP contribution in [-0.2, 0) is 0 Å². The first-order valence-electron chi connectivity index (χ1n) is 5.19. The summed E-state index contributed by atoms with van der Waals surface area (Å²) in [5.41, 5.74) is 0. The van der Waals surface area contributed by atoms with Gasteiger partial charge in [0, 0.05) is 12.6 Å². The summed E-state index contributed by atoms with van der Waals surface area (Å²) in [4.78, 5) is 8.08. The molecule has 5 nitrogen and oxygen atoms in total. The van der Waals surface area contributed by atoms with Crippen LogP contribution in [0.15, 0.2) is 12.4 Å². The van der Waals surface area contributed by atoms with Crippen molar-refractivity contribution >= 4 is 5.82 Å². The number of ether oxygens (including phenoxy) is 1. The fraction of sp³-hybridized carbons (Fsp3) is 0.600. The molecule has 0 amide bonds. The third kappa shape index (κ3) is 2.79. The number of hydrogen-bond acceptors (Lipinski definition) is 5. The van der Waals surface area contributed by atoms with Crippen LogP contribution in [-0.4, -0.2) is 36.7 Å². The Labute approximate surface area is 89.3 Å². The van der Waals surface area contributed by atoms with Gasteiger partial charge in [-0.05, 0) is 25.4 Å². The molecule has 0 bridgehead atoms. The van der Waals surface area contributed by atoms with Gasteiger partial charge >= 0.3 is 0 Å². The molecule has 0 aromatic carbocycles. The average molecular weight is 208 g/mol. The fourth-order valence-electron chi connectivity index (χ4n) is 1.69. The van der Waals surface area contributed by atoms with Gasteiger partial charge in [-0.25, -0.2) is 9.97 Å². The number of methoxy groups -OCH3 is 1. The topological polar surface area (TPSA) is 59.1 Å². The van der Waals surface area contributed by atoms with Crippen molar-refractivity contribution in [3.63, 3.8) is 0 Å². The molecule has 2 N–H and O–H groups in total. The maximum Gasteiger partial charge on any atom is 0.218 e. The molecule has 1 atom stereocenters. The third-order valence-corrected chi connectivity index (χ3v) is 2.59. The largest absolute Gasteiger partial charge is 0.481 e. The van der Waals surface area contributed by atoms with E-state index in [4.69, 9.17) is 4.74 Å². The molecule has 0 aliphatic carbocycles. The highest BCUT2D eigenvalue weighted by molar-refractivity contribution is 5.36. The van der Waals surface area contributed by atoms with Crippen LogP contribution in [0.3, 0.4) is 0 Å². The predicted octanol–water partition coefficient (Wildman–Crippen LogP) is 0.507. The van der Waals surface area contributed by atoms with Crippen molar-refractivity contribution in [2.75, 3.05) is 32.1 Å². The number of anilines is 1. The van der Waals surface area contributed by atoms with Gasteiger partial charge in [0.15, 0.2) is 0 Å². The smallest absolute Gasteiger partial charge is 0.218 e. The number of nitrogens with one attached hydrogen (secondary N) is 2. The van der Waals surface area contributed by atoms with Crippen molar-refractivity contribution in [2.24, 2.45) is 5.92 Å². The molecular weight excluding hydrogens is 192 g/mol. The Morgan fingerprint density at radius 2 is 2.53 bits per heavy atom. The first-order valence-corrected chi connectivity index (χ1v) is 5.19. The maximum atomic E-state index is 5.02. The second-order valence-corrected chi connectivity index (χ2v) is 3.69. The van der Waals surface area contributed by atoms with E-state index in [1.165, 1.54) is 12.7 Å². The van der Waals surface area contributed by atoms with E-state index in [2.05, 4.69) is 20.6 Å². The summed E-state index contributed by atoms with van der Waals surface area (Å²) in [5, 5.41) is 6.62. The molecule has 0 radical (unpaired) electrons. The number of aromatic nitrogens is 2. The zero-order valence-corrected chi connectivity index (χ0v) is 8.86. The van der Waals surface area contributed by atoms with Crippen molar-refractivity contribution in [2.45, 2.75) is 6.42 Å². The van der Waals surface area contributed by atoms with Crippen LogP contribution in [0.4, 0.5) is 5.82 Å². The first kappa shape index (κ1) is 10.2. The van der Waals surface area contributed by atoms with Gasteiger partial charge in [0.25, 0.3) is 0 Å². The molecule has 0 saturated carbocycles. The van der Waals surface area contributed by atoms with E-state index in [1.807, 2.05) is 6.07 Å². The summed E-state index contributed by atoms with van der Waals surface area (Å²) in [6.07, 6.45) is 2.74. The summed E-state index contributed by atoms with van der Waals surface area (Å²) in [5.74, 6) is 2.12. The molecule has 0 spiro atoms. The minimum absolute atomic E-state index is 0.594. The van der Waals surface area contributed by atoms with Gasteiger partial charge in [-0.1, -0.05) is 0 Å². The molecule has 1 aromatic rings. The molecule has 5 heteroatoms. The second kappa shape index (κ2) is 4.93. The molecule has 15 heavy (non-hydrogen) atoms. The van der Waals surface area contributed by atoms with E-state index in [0.717, 1.165) is 25.5 Å². The summed E-state index contributed by atoms with van der Waals surface area (Å²) in [7, 11) is 1.60. The highest BCUT2D eigenvalue weighted by Crippen LogP contribution is 2.12. The first-order chi connectivity index (χ1) is 7.38. The Kier molecular flexibility index (Phi) is 3.34. The zero-order valence-electron chi connectivity index (χ0n) is 8.86. The minimum Gasteiger partial charge on any atom is -0.481 e. The summed E-state index contributed by atoms with van der Waals surface area (Å²) in [6, 6.07) is 1.81. The second-order valence-electron chi connectivity index (χ2n) is 3.69. The van der Waals surface area contributed by atoms with Crippen molar-refractivity contribution < 1.29 is 4.74 Å². The number of nitrogens with zero attached hydrogens (tertiary/aromatic N) is 2. The van der Waals surface area contributed by atoms with Crippen LogP contribution in [0.2, 0.25) is 0 Å². The Bertz CT molecular complexity index is 312. The third-order valence-electron chi connectivity index (χ3n) is 2.59. The molecule has 1 saturated heterocycles. The quantitative estimate of drug-likeness (QED) is 0.755. The molecule has 82 valence electrons. The Morgan fingerprint density at radius 3 is 3.27 bits per heavy atom. The van der Waals surface area contributed by atoms with Crippen LogP contribution in [0.25, 0.3) is 0 Å². The lowest BCUT2D eigenvalue weighted by atomic mass is 10.1. The highest BCUT2D eigenvalue weighted by atomic mass is 16.5. The van der Waals surface area contributed by atoms with Gasteiger partial charge < -0.3 is 15.4 Å². The van der Waals surface area contributed by atoms with Gasteiger partial charge in [-0.15, -0.1) is 0 Å². The predicted molar refractivity (Wildman–Crippen MR) is 58.1 cm³/mol. The average Bonchev–Trinajstić information content (AvgIpc) is 2.79. The van der Waals surface area contributed by atoms with E-state index in [9.17, 15) is 0 Å². The lowest BCUT2D eigenvalue weighted by molar-refractivity contribution is 0.397. The normalized spacial score (nSPS) is 20.2. The van der Waals surface area contributed by atoms with Crippen molar-refractivity contribution in [3.8, 4) is 5.88 Å². The van der Waals surface area contributed by atoms with Crippen LogP contribution >= 0.6 is 0 Å². The molecule has 1 unspecified atom stereocenters. The summed E-state index contributed by atoms with van der Waals surface area (Å²) in [6.45, 7) is 3.17. The monoisotopic (exact) mass is 208 g/mol. The number of hydrogen-bond donors (Lipinski definition) is 2. The van der Waals surface area contributed by atoms with Crippen LogP contribution in [0.5, 0.6) is 5.88 Å². The van der Waals surface area contributed by atoms with Crippen molar-refractivity contribution in [3.05, 3.63) is 12.4 Å². The summed E-state index contributed by atoms with van der Waals surface area (Å²) < 4.78 is 5.02. The van der Waals surface area contributed by atoms with Crippen molar-refractivity contribution in [1.29, 1.82) is 0 Å². The van der Waals surface area contributed by atoms with E-state index < -0.39 is 0 Å². The van der Waals surface area contributed by atoms with Gasteiger partial charge in [-0.2, -0.15) is 0 Å². The van der Waals surface area contributed by atoms with Crippen LogP contribution in [0.1, 0.15) is 6.42 Å². The van der Waals surface area contributed by atoms with Gasteiger partial charge in [0.1, 0.15) is 12.1 Å². The molecular formula is C10H16N4O.